The molecule has 0 unspecified atom stereocenters. The van der Waals surface area contributed by atoms with Gasteiger partial charge in [0.25, 0.3) is 5.91 Å². The molecule has 1 aromatic heterocycles. The molecular formula is C8H13N5O2. The molecular weight excluding hydrogens is 198 g/mol. The predicted molar refractivity (Wildman–Crippen MR) is 53.6 cm³/mol. The first-order chi connectivity index (χ1) is 7.13. The summed E-state index contributed by atoms with van der Waals surface area (Å²) < 4.78 is 1.54. The minimum atomic E-state index is -0.277. The lowest BCUT2D eigenvalue weighted by atomic mass is 10.3. The summed E-state index contributed by atoms with van der Waals surface area (Å²) in [5.41, 5.74) is 5.58. The second kappa shape index (κ2) is 4.99. The number of nitrogens with two attached hydrogens (primary N) is 1. The van der Waals surface area contributed by atoms with Gasteiger partial charge in [-0.3, -0.25) is 9.48 Å². The zero-order valence-electron chi connectivity index (χ0n) is 8.34. The lowest BCUT2D eigenvalue weighted by molar-refractivity contribution is 0.0949. The molecule has 0 aliphatic carbocycles. The van der Waals surface area contributed by atoms with Gasteiger partial charge in [0.05, 0.1) is 0 Å². The molecule has 0 saturated carbocycles. The molecule has 1 aromatic rings. The second-order valence-corrected chi connectivity index (χ2v) is 2.97. The van der Waals surface area contributed by atoms with E-state index in [-0.39, 0.29) is 11.7 Å². The Kier molecular flexibility index (Phi) is 3.67. The van der Waals surface area contributed by atoms with Crippen molar-refractivity contribution in [2.75, 3.05) is 6.54 Å². The van der Waals surface area contributed by atoms with Crippen molar-refractivity contribution in [3.8, 4) is 0 Å². The zero-order valence-corrected chi connectivity index (χ0v) is 8.34. The second-order valence-electron chi connectivity index (χ2n) is 2.97. The van der Waals surface area contributed by atoms with Gasteiger partial charge in [0, 0.05) is 26.2 Å². The first-order valence-electron chi connectivity index (χ1n) is 4.37. The number of hydrogen-bond donors (Lipinski definition) is 3. The standard InChI is InChI=1S/C8H13N5O2/c1-13-5-3-6(11-13)8(14)10-4-2-7(9)12-15/h3,5,15H,2,4H2,1H3,(H2,9,12)(H,10,14). The molecule has 1 rings (SSSR count). The molecule has 1 heterocycles. The van der Waals surface area contributed by atoms with Crippen LogP contribution in [0.3, 0.4) is 0 Å². The molecule has 0 aromatic carbocycles. The van der Waals surface area contributed by atoms with Crippen LogP contribution < -0.4 is 11.1 Å². The summed E-state index contributed by atoms with van der Waals surface area (Å²) in [5, 5.41) is 17.6. The van der Waals surface area contributed by atoms with Crippen LogP contribution in [0.1, 0.15) is 16.9 Å². The van der Waals surface area contributed by atoms with E-state index in [0.717, 1.165) is 0 Å². The van der Waals surface area contributed by atoms with E-state index < -0.39 is 0 Å². The van der Waals surface area contributed by atoms with Crippen LogP contribution in [-0.2, 0) is 7.05 Å². The quantitative estimate of drug-likeness (QED) is 0.264. The van der Waals surface area contributed by atoms with Crippen molar-refractivity contribution < 1.29 is 10.0 Å². The van der Waals surface area contributed by atoms with Gasteiger partial charge >= 0.3 is 0 Å². The van der Waals surface area contributed by atoms with Gasteiger partial charge in [-0.2, -0.15) is 5.10 Å². The smallest absolute Gasteiger partial charge is 0.271 e. The highest BCUT2D eigenvalue weighted by Gasteiger charge is 2.07. The van der Waals surface area contributed by atoms with Crippen LogP contribution in [0.15, 0.2) is 17.4 Å². The Bertz CT molecular complexity index is 371. The number of carbonyl (C=O) groups is 1. The minimum Gasteiger partial charge on any atom is -0.409 e. The Labute approximate surface area is 86.6 Å². The molecule has 82 valence electrons. The Morgan fingerprint density at radius 1 is 1.80 bits per heavy atom. The molecule has 15 heavy (non-hydrogen) atoms. The Morgan fingerprint density at radius 3 is 3.07 bits per heavy atom. The number of nitrogens with one attached hydrogen (secondary N) is 1. The largest absolute Gasteiger partial charge is 0.409 e. The molecule has 4 N–H and O–H groups in total. The number of hydrogen-bond acceptors (Lipinski definition) is 4. The van der Waals surface area contributed by atoms with Crippen LogP contribution in [0, 0.1) is 0 Å². The van der Waals surface area contributed by atoms with E-state index in [2.05, 4.69) is 15.6 Å². The summed E-state index contributed by atoms with van der Waals surface area (Å²) >= 11 is 0. The molecule has 0 atom stereocenters. The lowest BCUT2D eigenvalue weighted by Gasteiger charge is -2.01. The van der Waals surface area contributed by atoms with Crippen molar-refractivity contribution in [3.63, 3.8) is 0 Å². The third kappa shape index (κ3) is 3.29. The predicted octanol–water partition coefficient (Wildman–Crippen LogP) is -0.714. The van der Waals surface area contributed by atoms with Crippen LogP contribution in [-0.4, -0.2) is 33.3 Å². The van der Waals surface area contributed by atoms with Gasteiger partial charge in [0.1, 0.15) is 11.5 Å². The molecule has 7 heteroatoms. The third-order valence-electron chi connectivity index (χ3n) is 1.74. The fraction of sp³-hybridized carbons (Fsp3) is 0.375. The van der Waals surface area contributed by atoms with Crippen molar-refractivity contribution >= 4 is 11.7 Å². The normalized spacial score (nSPS) is 11.4. The maximum absolute atomic E-state index is 11.4. The monoisotopic (exact) mass is 211 g/mol. The average molecular weight is 211 g/mol. The fourth-order valence-corrected chi connectivity index (χ4v) is 0.981. The van der Waals surface area contributed by atoms with Crippen LogP contribution in [0.5, 0.6) is 0 Å². The van der Waals surface area contributed by atoms with E-state index >= 15 is 0 Å². The molecule has 0 fully saturated rings. The van der Waals surface area contributed by atoms with Crippen molar-refractivity contribution in [1.82, 2.24) is 15.1 Å². The summed E-state index contributed by atoms with van der Waals surface area (Å²) in [7, 11) is 1.73. The molecule has 1 amide bonds. The van der Waals surface area contributed by atoms with Gasteiger partial charge in [-0.15, -0.1) is 0 Å². The first kappa shape index (κ1) is 11.0. The molecule has 7 nitrogen and oxygen atoms in total. The summed E-state index contributed by atoms with van der Waals surface area (Å²) in [6, 6.07) is 1.61. The Morgan fingerprint density at radius 2 is 2.53 bits per heavy atom. The van der Waals surface area contributed by atoms with Crippen molar-refractivity contribution in [3.05, 3.63) is 18.0 Å². The van der Waals surface area contributed by atoms with Crippen LogP contribution >= 0.6 is 0 Å². The fourth-order valence-electron chi connectivity index (χ4n) is 0.981. The van der Waals surface area contributed by atoms with Crippen molar-refractivity contribution in [2.45, 2.75) is 6.42 Å². The summed E-state index contributed by atoms with van der Waals surface area (Å²) in [4.78, 5) is 11.4. The molecule has 0 saturated heterocycles. The van der Waals surface area contributed by atoms with Crippen LogP contribution in [0.4, 0.5) is 0 Å². The van der Waals surface area contributed by atoms with Crippen molar-refractivity contribution in [2.24, 2.45) is 17.9 Å². The van der Waals surface area contributed by atoms with Gasteiger partial charge < -0.3 is 16.3 Å². The van der Waals surface area contributed by atoms with E-state index in [1.54, 1.807) is 24.0 Å². The van der Waals surface area contributed by atoms with Crippen molar-refractivity contribution in [1.29, 1.82) is 0 Å². The number of aryl methyl sites for hydroxylation is 1. The highest BCUT2D eigenvalue weighted by molar-refractivity contribution is 5.92. The molecule has 0 aliphatic rings. The first-order valence-corrected chi connectivity index (χ1v) is 4.37. The zero-order chi connectivity index (χ0) is 11.3. The number of aromatic nitrogens is 2. The summed E-state index contributed by atoms with van der Waals surface area (Å²) in [5.74, 6) is -0.197. The Balaban J connectivity index is 2.37. The highest BCUT2D eigenvalue weighted by Crippen LogP contribution is 1.93. The van der Waals surface area contributed by atoms with E-state index in [1.165, 1.54) is 0 Å². The van der Waals surface area contributed by atoms with Gasteiger partial charge in [-0.25, -0.2) is 0 Å². The number of carbonyl (C=O) groups excluding carboxylic acids is 1. The van der Waals surface area contributed by atoms with E-state index in [0.29, 0.717) is 18.7 Å². The summed E-state index contributed by atoms with van der Waals surface area (Å²) in [6.45, 7) is 0.311. The molecule has 0 spiro atoms. The third-order valence-corrected chi connectivity index (χ3v) is 1.74. The van der Waals surface area contributed by atoms with Gasteiger partial charge in [0.15, 0.2) is 0 Å². The van der Waals surface area contributed by atoms with Gasteiger partial charge in [-0.1, -0.05) is 5.16 Å². The number of nitrogens with zero attached hydrogens (tertiary/aromatic N) is 3. The van der Waals surface area contributed by atoms with Crippen LogP contribution in [0.2, 0.25) is 0 Å². The number of amidine groups is 1. The van der Waals surface area contributed by atoms with E-state index in [4.69, 9.17) is 10.9 Å². The van der Waals surface area contributed by atoms with Gasteiger partial charge in [-0.05, 0) is 6.07 Å². The highest BCUT2D eigenvalue weighted by atomic mass is 16.4. The maximum Gasteiger partial charge on any atom is 0.271 e. The minimum absolute atomic E-state index is 0.0799. The van der Waals surface area contributed by atoms with Crippen LogP contribution in [0.25, 0.3) is 0 Å². The van der Waals surface area contributed by atoms with E-state index in [9.17, 15) is 4.79 Å². The topological polar surface area (TPSA) is 106 Å². The number of oxime groups is 1. The molecule has 0 radical (unpaired) electrons. The maximum atomic E-state index is 11.4. The number of amides is 1. The SMILES string of the molecule is Cn1ccc(C(=O)NCC/C(N)=N/O)n1. The Hall–Kier alpha value is -2.05. The summed E-state index contributed by atoms with van der Waals surface area (Å²) in [6.07, 6.45) is 1.98. The average Bonchev–Trinajstić information content (AvgIpc) is 2.64. The van der Waals surface area contributed by atoms with E-state index in [1.807, 2.05) is 0 Å². The lowest BCUT2D eigenvalue weighted by Crippen LogP contribution is -2.28. The van der Waals surface area contributed by atoms with Gasteiger partial charge in [0.2, 0.25) is 0 Å². The molecule has 0 bridgehead atoms. The molecule has 0 aliphatic heterocycles. The number of rotatable bonds is 4.